The summed E-state index contributed by atoms with van der Waals surface area (Å²) in [7, 11) is -0.383. The lowest BCUT2D eigenvalue weighted by molar-refractivity contribution is 0.00578. The highest BCUT2D eigenvalue weighted by Gasteiger charge is 2.53. The topological polar surface area (TPSA) is 31.4 Å². The van der Waals surface area contributed by atoms with Gasteiger partial charge in [0.05, 0.1) is 27.2 Å². The molecule has 3 nitrogen and oxygen atoms in total. The third-order valence-corrected chi connectivity index (χ3v) is 5.43. The largest absolute Gasteiger partial charge is 0.516 e. The molecule has 0 saturated carbocycles. The lowest BCUT2D eigenvalue weighted by atomic mass is 9.83. The molecule has 0 N–H and O–H groups in total. The SMILES string of the molecule is CC1(C)OB(c2ncsc2-c2ccsc2)OC1(C)C. The molecular weight excluding hydrogens is 277 g/mol. The predicted octanol–water partition coefficient (Wildman–Crippen LogP) is 3.17. The second kappa shape index (κ2) is 4.41. The van der Waals surface area contributed by atoms with E-state index in [9.17, 15) is 0 Å². The number of aromatic nitrogens is 1. The van der Waals surface area contributed by atoms with Crippen LogP contribution in [0, 0.1) is 0 Å². The zero-order valence-corrected chi connectivity index (χ0v) is 13.1. The first-order valence-electron chi connectivity index (χ1n) is 6.22. The molecule has 0 amide bonds. The van der Waals surface area contributed by atoms with E-state index in [0.717, 1.165) is 10.5 Å². The van der Waals surface area contributed by atoms with Crippen molar-refractivity contribution in [1.29, 1.82) is 0 Å². The van der Waals surface area contributed by atoms with Gasteiger partial charge in [0.25, 0.3) is 0 Å². The van der Waals surface area contributed by atoms with Crippen molar-refractivity contribution in [3.8, 4) is 10.4 Å². The van der Waals surface area contributed by atoms with Gasteiger partial charge in [-0.1, -0.05) is 0 Å². The molecule has 0 radical (unpaired) electrons. The number of hydrogen-bond acceptors (Lipinski definition) is 5. The van der Waals surface area contributed by atoms with E-state index >= 15 is 0 Å². The monoisotopic (exact) mass is 293 g/mol. The maximum atomic E-state index is 6.07. The minimum absolute atomic E-state index is 0.326. The number of hydrogen-bond donors (Lipinski definition) is 0. The van der Waals surface area contributed by atoms with Gasteiger partial charge in [-0.3, -0.25) is 4.98 Å². The van der Waals surface area contributed by atoms with Crippen molar-refractivity contribution in [3.63, 3.8) is 0 Å². The molecule has 2 aromatic rings. The Morgan fingerprint density at radius 2 is 1.84 bits per heavy atom. The lowest BCUT2D eigenvalue weighted by Crippen LogP contribution is -2.41. The fraction of sp³-hybridized carbons (Fsp3) is 0.462. The van der Waals surface area contributed by atoms with Gasteiger partial charge in [0.15, 0.2) is 0 Å². The zero-order valence-electron chi connectivity index (χ0n) is 11.5. The fourth-order valence-electron chi connectivity index (χ4n) is 1.99. The molecule has 1 saturated heterocycles. The summed E-state index contributed by atoms with van der Waals surface area (Å²) in [4.78, 5) is 5.60. The average molecular weight is 293 g/mol. The van der Waals surface area contributed by atoms with E-state index < -0.39 is 0 Å². The van der Waals surface area contributed by atoms with Crippen LogP contribution >= 0.6 is 22.7 Å². The van der Waals surface area contributed by atoms with Crippen LogP contribution in [0.4, 0.5) is 0 Å². The minimum atomic E-state index is -0.383. The molecule has 3 heterocycles. The fourth-order valence-corrected chi connectivity index (χ4v) is 3.51. The molecule has 1 aliphatic heterocycles. The van der Waals surface area contributed by atoms with E-state index in [0.29, 0.717) is 0 Å². The van der Waals surface area contributed by atoms with Gasteiger partial charge in [0.2, 0.25) is 0 Å². The Labute approximate surface area is 121 Å². The van der Waals surface area contributed by atoms with E-state index in [-0.39, 0.29) is 18.3 Å². The van der Waals surface area contributed by atoms with E-state index in [2.05, 4.69) is 49.5 Å². The van der Waals surface area contributed by atoms with Crippen LogP contribution in [0.15, 0.2) is 22.3 Å². The molecular formula is C13H16BNO2S2. The second-order valence-electron chi connectivity index (χ2n) is 5.67. The van der Waals surface area contributed by atoms with E-state index in [4.69, 9.17) is 9.31 Å². The van der Waals surface area contributed by atoms with Crippen molar-refractivity contribution >= 4 is 35.4 Å². The third kappa shape index (κ3) is 2.16. The van der Waals surface area contributed by atoms with Crippen LogP contribution in [-0.2, 0) is 9.31 Å². The van der Waals surface area contributed by atoms with Crippen molar-refractivity contribution in [3.05, 3.63) is 22.3 Å². The molecule has 100 valence electrons. The summed E-state index contributed by atoms with van der Waals surface area (Å²) in [5, 5.41) is 4.20. The van der Waals surface area contributed by atoms with Crippen LogP contribution in [-0.4, -0.2) is 23.3 Å². The van der Waals surface area contributed by atoms with Crippen molar-refractivity contribution in [2.75, 3.05) is 0 Å². The summed E-state index contributed by atoms with van der Waals surface area (Å²) >= 11 is 3.32. The summed E-state index contributed by atoms with van der Waals surface area (Å²) in [6.45, 7) is 8.24. The standard InChI is InChI=1S/C13H16BNO2S2/c1-12(2)13(3,4)17-14(16-12)11-10(19-8-15-11)9-5-6-18-7-9/h5-8H,1-4H3. The molecule has 0 bridgehead atoms. The van der Waals surface area contributed by atoms with Crippen LogP contribution in [0.2, 0.25) is 0 Å². The van der Waals surface area contributed by atoms with E-state index in [1.807, 2.05) is 5.51 Å². The first-order chi connectivity index (χ1) is 8.91. The zero-order chi connectivity index (χ0) is 13.7. The highest BCUT2D eigenvalue weighted by Crippen LogP contribution is 2.37. The maximum Gasteiger partial charge on any atom is 0.516 e. The Morgan fingerprint density at radius 3 is 2.42 bits per heavy atom. The Balaban J connectivity index is 1.96. The van der Waals surface area contributed by atoms with Crippen molar-refractivity contribution in [2.24, 2.45) is 0 Å². The highest BCUT2D eigenvalue weighted by atomic mass is 32.1. The summed E-state index contributed by atoms with van der Waals surface area (Å²) in [5.41, 5.74) is 3.28. The van der Waals surface area contributed by atoms with Gasteiger partial charge >= 0.3 is 7.12 Å². The molecule has 0 aromatic carbocycles. The molecule has 2 aromatic heterocycles. The van der Waals surface area contributed by atoms with Gasteiger partial charge in [-0.15, -0.1) is 11.3 Å². The molecule has 0 aliphatic carbocycles. The van der Waals surface area contributed by atoms with Crippen LogP contribution < -0.4 is 5.59 Å². The quantitative estimate of drug-likeness (QED) is 0.797. The van der Waals surface area contributed by atoms with Gasteiger partial charge in [-0.2, -0.15) is 11.3 Å². The van der Waals surface area contributed by atoms with Crippen LogP contribution in [0.5, 0.6) is 0 Å². The molecule has 0 unspecified atom stereocenters. The van der Waals surface area contributed by atoms with Crippen molar-refractivity contribution in [2.45, 2.75) is 38.9 Å². The number of rotatable bonds is 2. The number of thiazole rings is 1. The average Bonchev–Trinajstić information content (AvgIpc) is 3.00. The molecule has 1 aliphatic rings. The van der Waals surface area contributed by atoms with Gasteiger partial charge in [0, 0.05) is 5.56 Å². The highest BCUT2D eigenvalue weighted by molar-refractivity contribution is 7.15. The molecule has 3 rings (SSSR count). The minimum Gasteiger partial charge on any atom is -0.398 e. The summed E-state index contributed by atoms with van der Waals surface area (Å²) in [6, 6.07) is 2.10. The summed E-state index contributed by atoms with van der Waals surface area (Å²) < 4.78 is 12.1. The second-order valence-corrected chi connectivity index (χ2v) is 7.30. The van der Waals surface area contributed by atoms with Gasteiger partial charge < -0.3 is 9.31 Å². The Kier molecular flexibility index (Phi) is 3.09. The van der Waals surface area contributed by atoms with Crippen LogP contribution in [0.1, 0.15) is 27.7 Å². The maximum absolute atomic E-state index is 6.07. The van der Waals surface area contributed by atoms with Crippen LogP contribution in [0.3, 0.4) is 0 Å². The lowest BCUT2D eigenvalue weighted by Gasteiger charge is -2.32. The molecule has 0 atom stereocenters. The van der Waals surface area contributed by atoms with Gasteiger partial charge in [-0.05, 0) is 44.5 Å². The van der Waals surface area contributed by atoms with Gasteiger partial charge in [0.1, 0.15) is 0 Å². The van der Waals surface area contributed by atoms with Crippen molar-refractivity contribution in [1.82, 2.24) is 4.98 Å². The molecule has 6 heteroatoms. The summed E-state index contributed by atoms with van der Waals surface area (Å²) in [6.07, 6.45) is 0. The van der Waals surface area contributed by atoms with E-state index in [1.165, 1.54) is 5.56 Å². The smallest absolute Gasteiger partial charge is 0.398 e. The predicted molar refractivity (Wildman–Crippen MR) is 81.1 cm³/mol. The normalized spacial score (nSPS) is 20.9. The number of nitrogens with zero attached hydrogens (tertiary/aromatic N) is 1. The van der Waals surface area contributed by atoms with Gasteiger partial charge in [-0.25, -0.2) is 0 Å². The molecule has 19 heavy (non-hydrogen) atoms. The van der Waals surface area contributed by atoms with Crippen molar-refractivity contribution < 1.29 is 9.31 Å². The first kappa shape index (κ1) is 13.3. The Hall–Kier alpha value is -0.685. The summed E-state index contributed by atoms with van der Waals surface area (Å²) in [5.74, 6) is 0. The Bertz CT molecular complexity index is 561. The molecule has 0 spiro atoms. The van der Waals surface area contributed by atoms with Crippen LogP contribution in [0.25, 0.3) is 10.4 Å². The Morgan fingerprint density at radius 1 is 1.16 bits per heavy atom. The first-order valence-corrected chi connectivity index (χ1v) is 8.04. The number of thiophene rings is 1. The third-order valence-electron chi connectivity index (χ3n) is 3.85. The molecule has 1 fully saturated rings. The van der Waals surface area contributed by atoms with E-state index in [1.54, 1.807) is 22.7 Å².